The number of benzene rings is 2. The van der Waals surface area contributed by atoms with Gasteiger partial charge in [0.15, 0.2) is 0 Å². The van der Waals surface area contributed by atoms with Crippen LogP contribution < -0.4 is 4.31 Å². The molecule has 26 heavy (non-hydrogen) atoms. The molecular formula is C20H22N2O3S. The summed E-state index contributed by atoms with van der Waals surface area (Å²) in [5, 5.41) is 1.59. The van der Waals surface area contributed by atoms with Gasteiger partial charge in [-0.3, -0.25) is 9.10 Å². The predicted octanol–water partition coefficient (Wildman–Crippen LogP) is 3.65. The van der Waals surface area contributed by atoms with Crippen LogP contribution in [0.5, 0.6) is 0 Å². The van der Waals surface area contributed by atoms with Crippen LogP contribution in [-0.2, 0) is 14.8 Å². The number of amides is 1. The third-order valence-electron chi connectivity index (χ3n) is 5.19. The minimum Gasteiger partial charge on any atom is -0.315 e. The van der Waals surface area contributed by atoms with Crippen molar-refractivity contribution in [1.29, 1.82) is 0 Å². The Bertz CT molecular complexity index is 1010. The van der Waals surface area contributed by atoms with Crippen molar-refractivity contribution in [2.75, 3.05) is 17.4 Å². The van der Waals surface area contributed by atoms with Gasteiger partial charge in [-0.1, -0.05) is 30.3 Å². The van der Waals surface area contributed by atoms with Crippen molar-refractivity contribution < 1.29 is 13.2 Å². The molecule has 0 fully saturated rings. The Morgan fingerprint density at radius 2 is 1.92 bits per heavy atom. The zero-order valence-electron chi connectivity index (χ0n) is 14.8. The van der Waals surface area contributed by atoms with E-state index in [0.29, 0.717) is 22.5 Å². The highest BCUT2D eigenvalue weighted by molar-refractivity contribution is 7.93. The van der Waals surface area contributed by atoms with E-state index in [-0.39, 0.29) is 12.5 Å². The van der Waals surface area contributed by atoms with Crippen molar-refractivity contribution in [2.24, 2.45) is 0 Å². The summed E-state index contributed by atoms with van der Waals surface area (Å²) in [7, 11) is -3.70. The van der Waals surface area contributed by atoms with E-state index < -0.39 is 10.0 Å². The van der Waals surface area contributed by atoms with Gasteiger partial charge in [-0.25, -0.2) is 8.42 Å². The molecule has 0 radical (unpaired) electrons. The summed E-state index contributed by atoms with van der Waals surface area (Å²) in [6.07, 6.45) is 6.18. The maximum absolute atomic E-state index is 13.0. The molecule has 5 nitrogen and oxygen atoms in total. The van der Waals surface area contributed by atoms with Crippen LogP contribution in [0.4, 0.5) is 5.69 Å². The Kier molecular flexibility index (Phi) is 4.23. The number of carbonyl (C=O) groups is 1. The number of hydrogen-bond acceptors (Lipinski definition) is 3. The van der Waals surface area contributed by atoms with Gasteiger partial charge in [0, 0.05) is 17.6 Å². The molecule has 4 rings (SSSR count). The highest BCUT2D eigenvalue weighted by Crippen LogP contribution is 2.41. The van der Waals surface area contributed by atoms with Crippen LogP contribution >= 0.6 is 0 Å². The maximum atomic E-state index is 13.0. The van der Waals surface area contributed by atoms with Crippen molar-refractivity contribution in [3.05, 3.63) is 48.2 Å². The standard InChI is InChI=1S/C20H22N2O3S/c1-2-21(16-10-4-3-5-11-16)19(23)14-22-17-12-6-8-15-9-7-13-18(20(15)17)26(22,24)25/h6-10,12-13H,2-5,11,14H2,1H3. The van der Waals surface area contributed by atoms with Crippen LogP contribution in [-0.4, -0.2) is 32.3 Å². The first kappa shape index (κ1) is 17.1. The summed E-state index contributed by atoms with van der Waals surface area (Å²) in [5.74, 6) is -0.172. The zero-order chi connectivity index (χ0) is 18.3. The van der Waals surface area contributed by atoms with Gasteiger partial charge in [-0.2, -0.15) is 0 Å². The molecule has 0 N–H and O–H groups in total. The molecule has 2 aliphatic rings. The number of likely N-dealkylation sites (N-methyl/N-ethyl adjacent to an activating group) is 1. The largest absolute Gasteiger partial charge is 0.315 e. The maximum Gasteiger partial charge on any atom is 0.265 e. The minimum absolute atomic E-state index is 0.165. The number of rotatable bonds is 4. The van der Waals surface area contributed by atoms with E-state index in [4.69, 9.17) is 0 Å². The normalized spacial score (nSPS) is 18.0. The summed E-state index contributed by atoms with van der Waals surface area (Å²) < 4.78 is 27.3. The molecule has 1 heterocycles. The Morgan fingerprint density at radius 3 is 2.62 bits per heavy atom. The van der Waals surface area contributed by atoms with Crippen molar-refractivity contribution in [2.45, 2.75) is 37.5 Å². The van der Waals surface area contributed by atoms with Gasteiger partial charge in [-0.15, -0.1) is 0 Å². The summed E-state index contributed by atoms with van der Waals surface area (Å²) in [6, 6.07) is 10.8. The van der Waals surface area contributed by atoms with Gasteiger partial charge in [0.25, 0.3) is 10.0 Å². The van der Waals surface area contributed by atoms with E-state index in [1.807, 2.05) is 25.1 Å². The van der Waals surface area contributed by atoms with E-state index in [9.17, 15) is 13.2 Å². The second-order valence-corrected chi connectivity index (χ2v) is 8.55. The molecular weight excluding hydrogens is 348 g/mol. The summed E-state index contributed by atoms with van der Waals surface area (Å²) in [5.41, 5.74) is 1.62. The molecule has 0 bridgehead atoms. The molecule has 0 saturated heterocycles. The van der Waals surface area contributed by atoms with Gasteiger partial charge in [-0.05, 0) is 50.1 Å². The molecule has 2 aromatic rings. The van der Waals surface area contributed by atoms with Gasteiger partial charge in [0.05, 0.1) is 10.6 Å². The topological polar surface area (TPSA) is 57.7 Å². The number of anilines is 1. The predicted molar refractivity (Wildman–Crippen MR) is 102 cm³/mol. The van der Waals surface area contributed by atoms with Crippen molar-refractivity contribution in [1.82, 2.24) is 4.90 Å². The Morgan fingerprint density at radius 1 is 1.15 bits per heavy atom. The fraction of sp³-hybridized carbons (Fsp3) is 0.350. The van der Waals surface area contributed by atoms with Gasteiger partial charge < -0.3 is 4.90 Å². The number of carbonyl (C=O) groups excluding carboxylic acids is 1. The molecule has 1 amide bonds. The quantitative estimate of drug-likeness (QED) is 0.825. The Hall–Kier alpha value is -2.34. The summed E-state index contributed by atoms with van der Waals surface area (Å²) >= 11 is 0. The average molecular weight is 370 g/mol. The van der Waals surface area contributed by atoms with E-state index in [1.54, 1.807) is 23.1 Å². The first-order chi connectivity index (χ1) is 12.5. The van der Waals surface area contributed by atoms with Crippen LogP contribution in [0.1, 0.15) is 32.6 Å². The van der Waals surface area contributed by atoms with Gasteiger partial charge >= 0.3 is 0 Å². The third-order valence-corrected chi connectivity index (χ3v) is 6.99. The first-order valence-corrected chi connectivity index (χ1v) is 10.5. The second-order valence-electron chi connectivity index (χ2n) is 6.72. The highest BCUT2D eigenvalue weighted by atomic mass is 32.2. The molecule has 1 aliphatic carbocycles. The fourth-order valence-corrected chi connectivity index (χ4v) is 5.60. The molecule has 0 unspecified atom stereocenters. The first-order valence-electron chi connectivity index (χ1n) is 9.08. The lowest BCUT2D eigenvalue weighted by Gasteiger charge is -2.28. The number of nitrogens with zero attached hydrogens (tertiary/aromatic N) is 2. The fourth-order valence-electron chi connectivity index (χ4n) is 3.94. The van der Waals surface area contributed by atoms with Crippen molar-refractivity contribution in [3.63, 3.8) is 0 Å². The SMILES string of the molecule is CCN(C(=O)CN1c2cccc3cccc(c23)S1(=O)=O)C1=CCCCC1. The number of sulfonamides is 1. The molecule has 0 aromatic heterocycles. The molecule has 0 spiro atoms. The summed E-state index contributed by atoms with van der Waals surface area (Å²) in [4.78, 5) is 15.0. The van der Waals surface area contributed by atoms with Gasteiger partial charge in [0.2, 0.25) is 5.91 Å². The average Bonchev–Trinajstić information content (AvgIpc) is 2.87. The van der Waals surface area contributed by atoms with Crippen LogP contribution in [0.2, 0.25) is 0 Å². The highest BCUT2D eigenvalue weighted by Gasteiger charge is 2.37. The van der Waals surface area contributed by atoms with Crippen molar-refractivity contribution >= 4 is 32.4 Å². The summed E-state index contributed by atoms with van der Waals surface area (Å²) in [6.45, 7) is 2.32. The van der Waals surface area contributed by atoms with Crippen LogP contribution in [0.25, 0.3) is 10.8 Å². The molecule has 0 saturated carbocycles. The van der Waals surface area contributed by atoms with E-state index in [0.717, 1.165) is 36.8 Å². The molecule has 0 atom stereocenters. The van der Waals surface area contributed by atoms with E-state index in [1.165, 1.54) is 4.31 Å². The second kappa shape index (κ2) is 6.43. The monoisotopic (exact) mass is 370 g/mol. The van der Waals surface area contributed by atoms with Gasteiger partial charge in [0.1, 0.15) is 6.54 Å². The third kappa shape index (κ3) is 2.60. The Balaban J connectivity index is 1.70. The van der Waals surface area contributed by atoms with Crippen molar-refractivity contribution in [3.8, 4) is 0 Å². The lowest BCUT2D eigenvalue weighted by Crippen LogP contribution is -2.41. The zero-order valence-corrected chi connectivity index (χ0v) is 15.6. The van der Waals surface area contributed by atoms with E-state index in [2.05, 4.69) is 6.08 Å². The van der Waals surface area contributed by atoms with Crippen LogP contribution in [0, 0.1) is 0 Å². The molecule has 1 aliphatic heterocycles. The smallest absolute Gasteiger partial charge is 0.265 e. The molecule has 136 valence electrons. The molecule has 6 heteroatoms. The number of allylic oxidation sites excluding steroid dienone is 2. The molecule has 2 aromatic carbocycles. The minimum atomic E-state index is -3.70. The number of hydrogen-bond donors (Lipinski definition) is 0. The Labute approximate surface area is 154 Å². The van der Waals surface area contributed by atoms with Crippen LogP contribution in [0.3, 0.4) is 0 Å². The van der Waals surface area contributed by atoms with E-state index >= 15 is 0 Å². The van der Waals surface area contributed by atoms with Crippen LogP contribution in [0.15, 0.2) is 53.1 Å². The lowest BCUT2D eigenvalue weighted by molar-refractivity contribution is -0.127. The lowest BCUT2D eigenvalue weighted by atomic mass is 10.0.